The maximum atomic E-state index is 12.7. The van der Waals surface area contributed by atoms with Crippen LogP contribution >= 0.6 is 0 Å². The van der Waals surface area contributed by atoms with Crippen molar-refractivity contribution in [2.75, 3.05) is 20.2 Å². The normalized spacial score (nSPS) is 11.4. The van der Waals surface area contributed by atoms with Gasteiger partial charge in [-0.25, -0.2) is 0 Å². The third-order valence-corrected chi connectivity index (χ3v) is 2.57. The average Bonchev–Trinajstić information content (AvgIpc) is 2.27. The number of aryl methyl sites for hydroxylation is 1. The molecule has 0 aliphatic heterocycles. The van der Waals surface area contributed by atoms with Crippen LogP contribution in [0.3, 0.4) is 0 Å². The molecular weight excluding hydrogens is 247 g/mol. The van der Waals surface area contributed by atoms with E-state index in [1.807, 2.05) is 0 Å². The molecular formula is C12H14F3NO2. The van der Waals surface area contributed by atoms with Gasteiger partial charge < -0.3 is 10.0 Å². The maximum Gasteiger partial charge on any atom is 0.416 e. The van der Waals surface area contributed by atoms with E-state index in [4.69, 9.17) is 5.11 Å². The summed E-state index contributed by atoms with van der Waals surface area (Å²) in [4.78, 5) is 12.9. The second-order valence-electron chi connectivity index (χ2n) is 3.98. The van der Waals surface area contributed by atoms with Crippen LogP contribution in [0.5, 0.6) is 0 Å². The van der Waals surface area contributed by atoms with E-state index in [2.05, 4.69) is 0 Å². The summed E-state index contributed by atoms with van der Waals surface area (Å²) in [5, 5.41) is 8.69. The van der Waals surface area contributed by atoms with Crippen LogP contribution in [0, 0.1) is 6.92 Å². The molecule has 0 saturated carbocycles. The molecule has 0 aliphatic rings. The first-order valence-corrected chi connectivity index (χ1v) is 5.31. The molecule has 0 heterocycles. The van der Waals surface area contributed by atoms with Gasteiger partial charge in [-0.1, -0.05) is 6.07 Å². The minimum absolute atomic E-state index is 0.0381. The van der Waals surface area contributed by atoms with Crippen molar-refractivity contribution in [1.29, 1.82) is 0 Å². The van der Waals surface area contributed by atoms with Gasteiger partial charge in [-0.15, -0.1) is 0 Å². The zero-order valence-corrected chi connectivity index (χ0v) is 10.1. The Morgan fingerprint density at radius 2 is 2.00 bits per heavy atom. The van der Waals surface area contributed by atoms with Crippen LogP contribution in [-0.2, 0) is 6.18 Å². The molecule has 0 bridgehead atoms. The first-order chi connectivity index (χ1) is 8.27. The van der Waals surface area contributed by atoms with Crippen molar-refractivity contribution in [2.45, 2.75) is 13.1 Å². The number of nitrogens with zero attached hydrogens (tertiary/aromatic N) is 1. The number of amides is 1. The van der Waals surface area contributed by atoms with Gasteiger partial charge in [-0.3, -0.25) is 4.79 Å². The lowest BCUT2D eigenvalue weighted by Gasteiger charge is -2.17. The van der Waals surface area contributed by atoms with E-state index in [9.17, 15) is 18.0 Å². The number of alkyl halides is 3. The Labute approximate surface area is 103 Å². The van der Waals surface area contributed by atoms with Crippen LogP contribution in [0.1, 0.15) is 21.5 Å². The summed E-state index contributed by atoms with van der Waals surface area (Å²) < 4.78 is 38.0. The summed E-state index contributed by atoms with van der Waals surface area (Å²) in [6.07, 6.45) is -4.48. The van der Waals surface area contributed by atoms with Gasteiger partial charge in [0.1, 0.15) is 0 Å². The fraction of sp³-hybridized carbons (Fsp3) is 0.417. The van der Waals surface area contributed by atoms with Gasteiger partial charge in [0.15, 0.2) is 0 Å². The van der Waals surface area contributed by atoms with E-state index in [0.29, 0.717) is 0 Å². The second-order valence-corrected chi connectivity index (χ2v) is 3.98. The number of rotatable bonds is 3. The van der Waals surface area contributed by atoms with Crippen molar-refractivity contribution in [2.24, 2.45) is 0 Å². The highest BCUT2D eigenvalue weighted by Gasteiger charge is 2.33. The Bertz CT molecular complexity index is 443. The summed E-state index contributed by atoms with van der Waals surface area (Å²) in [5.74, 6) is -0.547. The first kappa shape index (κ1) is 14.5. The van der Waals surface area contributed by atoms with Gasteiger partial charge in [-0.05, 0) is 24.6 Å². The minimum atomic E-state index is -4.48. The summed E-state index contributed by atoms with van der Waals surface area (Å²) in [5.41, 5.74) is -0.779. The Kier molecular flexibility index (Phi) is 4.34. The van der Waals surface area contributed by atoms with E-state index >= 15 is 0 Å². The Morgan fingerprint density at radius 1 is 1.39 bits per heavy atom. The third kappa shape index (κ3) is 3.22. The molecule has 1 aromatic rings. The molecule has 6 heteroatoms. The number of hydrogen-bond donors (Lipinski definition) is 1. The number of halogens is 3. The molecule has 1 aromatic carbocycles. The monoisotopic (exact) mass is 261 g/mol. The predicted octanol–water partition coefficient (Wildman–Crippen LogP) is 2.08. The lowest BCUT2D eigenvalue weighted by molar-refractivity contribution is -0.138. The summed E-state index contributed by atoms with van der Waals surface area (Å²) in [6.45, 7) is 1.18. The van der Waals surface area contributed by atoms with Crippen molar-refractivity contribution >= 4 is 5.91 Å². The van der Waals surface area contributed by atoms with E-state index in [-0.39, 0.29) is 24.3 Å². The Hall–Kier alpha value is -1.56. The predicted molar refractivity (Wildman–Crippen MR) is 60.2 cm³/mol. The molecule has 0 unspecified atom stereocenters. The Balaban J connectivity index is 3.09. The number of likely N-dealkylation sites (N-methyl/N-ethyl adjacent to an activating group) is 1. The van der Waals surface area contributed by atoms with Crippen LogP contribution in [0.25, 0.3) is 0 Å². The summed E-state index contributed by atoms with van der Waals surface area (Å²) >= 11 is 0. The van der Waals surface area contributed by atoms with Gasteiger partial charge in [0.25, 0.3) is 5.91 Å². The van der Waals surface area contributed by atoms with Gasteiger partial charge in [0.05, 0.1) is 12.2 Å². The second kappa shape index (κ2) is 5.39. The van der Waals surface area contributed by atoms with Crippen molar-refractivity contribution in [3.63, 3.8) is 0 Å². The molecule has 0 fully saturated rings. The first-order valence-electron chi connectivity index (χ1n) is 5.31. The lowest BCUT2D eigenvalue weighted by atomic mass is 10.0. The fourth-order valence-corrected chi connectivity index (χ4v) is 1.53. The molecule has 0 radical (unpaired) electrons. The number of benzene rings is 1. The van der Waals surface area contributed by atoms with Crippen molar-refractivity contribution in [1.82, 2.24) is 4.90 Å². The fourth-order valence-electron chi connectivity index (χ4n) is 1.53. The highest BCUT2D eigenvalue weighted by atomic mass is 19.4. The molecule has 0 spiro atoms. The molecule has 0 saturated heterocycles. The molecule has 0 aromatic heterocycles. The van der Waals surface area contributed by atoms with Crippen LogP contribution in [-0.4, -0.2) is 36.1 Å². The molecule has 1 N–H and O–H groups in total. The molecule has 0 atom stereocenters. The van der Waals surface area contributed by atoms with E-state index < -0.39 is 17.6 Å². The zero-order chi connectivity index (χ0) is 13.9. The number of carbonyl (C=O) groups is 1. The lowest BCUT2D eigenvalue weighted by Crippen LogP contribution is -2.29. The van der Waals surface area contributed by atoms with Gasteiger partial charge in [0.2, 0.25) is 0 Å². The van der Waals surface area contributed by atoms with E-state index in [1.54, 1.807) is 0 Å². The smallest absolute Gasteiger partial charge is 0.395 e. The molecule has 18 heavy (non-hydrogen) atoms. The van der Waals surface area contributed by atoms with Crippen molar-refractivity contribution in [3.05, 3.63) is 34.9 Å². The van der Waals surface area contributed by atoms with Crippen LogP contribution in [0.15, 0.2) is 18.2 Å². The van der Waals surface area contributed by atoms with Crippen molar-refractivity contribution < 1.29 is 23.1 Å². The summed E-state index contributed by atoms with van der Waals surface area (Å²) in [7, 11) is 1.42. The van der Waals surface area contributed by atoms with Gasteiger partial charge in [-0.2, -0.15) is 13.2 Å². The highest BCUT2D eigenvalue weighted by molar-refractivity contribution is 5.94. The molecule has 1 rings (SSSR count). The van der Waals surface area contributed by atoms with Gasteiger partial charge in [0, 0.05) is 19.2 Å². The molecule has 0 aliphatic carbocycles. The average molecular weight is 261 g/mol. The number of hydrogen-bond acceptors (Lipinski definition) is 2. The highest BCUT2D eigenvalue weighted by Crippen LogP contribution is 2.32. The van der Waals surface area contributed by atoms with Crippen LogP contribution in [0.2, 0.25) is 0 Å². The van der Waals surface area contributed by atoms with Crippen LogP contribution < -0.4 is 0 Å². The SMILES string of the molecule is Cc1ccc(C(=O)N(C)CCO)cc1C(F)(F)F. The number of carbonyl (C=O) groups excluding carboxylic acids is 1. The standard InChI is InChI=1S/C12H14F3NO2/c1-8-3-4-9(7-10(8)12(13,14)15)11(18)16(2)5-6-17/h3-4,7,17H,5-6H2,1-2H3. The maximum absolute atomic E-state index is 12.7. The largest absolute Gasteiger partial charge is 0.416 e. The number of aliphatic hydroxyl groups is 1. The Morgan fingerprint density at radius 3 is 2.50 bits per heavy atom. The van der Waals surface area contributed by atoms with E-state index in [0.717, 1.165) is 6.07 Å². The topological polar surface area (TPSA) is 40.5 Å². The number of aliphatic hydroxyl groups excluding tert-OH is 1. The van der Waals surface area contributed by atoms with E-state index in [1.165, 1.54) is 31.0 Å². The quantitative estimate of drug-likeness (QED) is 0.905. The molecule has 100 valence electrons. The minimum Gasteiger partial charge on any atom is -0.395 e. The van der Waals surface area contributed by atoms with Gasteiger partial charge >= 0.3 is 6.18 Å². The van der Waals surface area contributed by atoms with Crippen molar-refractivity contribution in [3.8, 4) is 0 Å². The molecule has 3 nitrogen and oxygen atoms in total. The van der Waals surface area contributed by atoms with Crippen LogP contribution in [0.4, 0.5) is 13.2 Å². The summed E-state index contributed by atoms with van der Waals surface area (Å²) in [6, 6.07) is 3.45. The zero-order valence-electron chi connectivity index (χ0n) is 10.1. The molecule has 1 amide bonds. The third-order valence-electron chi connectivity index (χ3n) is 2.57.